The lowest BCUT2D eigenvalue weighted by atomic mass is 9.93. The van der Waals surface area contributed by atoms with Crippen LogP contribution in [0, 0.1) is 0 Å². The van der Waals surface area contributed by atoms with Crippen molar-refractivity contribution >= 4 is 37.8 Å². The normalized spacial score (nSPS) is 18.1. The van der Waals surface area contributed by atoms with Crippen LogP contribution in [0.5, 0.6) is 5.75 Å². The van der Waals surface area contributed by atoms with Crippen molar-refractivity contribution in [3.63, 3.8) is 0 Å². The molecule has 1 aliphatic carbocycles. The molecule has 52 heavy (non-hydrogen) atoms. The fourth-order valence-corrected chi connectivity index (χ4v) is 7.98. The Morgan fingerprint density at radius 2 is 1.65 bits per heavy atom. The van der Waals surface area contributed by atoms with Gasteiger partial charge in [-0.05, 0) is 42.0 Å². The van der Waals surface area contributed by atoms with Crippen molar-refractivity contribution in [2.45, 2.75) is 41.7 Å². The number of methoxy groups -OCH3 is 2. The Morgan fingerprint density at radius 1 is 0.962 bits per heavy atom. The average molecular weight is 760 g/mol. The number of aromatic nitrogens is 1. The second-order valence-electron chi connectivity index (χ2n) is 12.0. The highest BCUT2D eigenvalue weighted by atomic mass is 32.2. The Bertz CT molecular complexity index is 1980. The molecular formula is C33H34N3O14PS. The first-order chi connectivity index (χ1) is 25.1. The minimum atomic E-state index is -4.71. The first-order valence-electron chi connectivity index (χ1n) is 16.0. The molecule has 1 N–H and O–H groups in total. The topological polar surface area (TPSA) is 189 Å². The van der Waals surface area contributed by atoms with Gasteiger partial charge in [0.2, 0.25) is 31.6 Å². The van der Waals surface area contributed by atoms with Crippen molar-refractivity contribution in [3.05, 3.63) is 81.1 Å². The lowest BCUT2D eigenvalue weighted by Crippen LogP contribution is -2.62. The van der Waals surface area contributed by atoms with Crippen LogP contribution in [0.2, 0.25) is 0 Å². The van der Waals surface area contributed by atoms with Gasteiger partial charge in [-0.1, -0.05) is 36.4 Å². The number of hydrogen-bond donors (Lipinski definition) is 1. The number of carbonyl (C=O) groups is 3. The molecule has 0 bridgehead atoms. The SMILES string of the molecule is COC(=O)OCOP(=O)(OCOC(=O)OC)OCOc1c2n(c(-c3cccc4c3Cc3ccccc3SC4)cc1=O)N[C@@H]1COC3(CC3)CN1C2=O. The maximum absolute atomic E-state index is 14.4. The third-order valence-corrected chi connectivity index (χ3v) is 11.3. The van der Waals surface area contributed by atoms with E-state index in [0.29, 0.717) is 24.4 Å². The molecule has 3 aromatic rings. The van der Waals surface area contributed by atoms with Crippen LogP contribution in [0.4, 0.5) is 9.59 Å². The Balaban J connectivity index is 1.22. The zero-order valence-corrected chi connectivity index (χ0v) is 29.7. The molecule has 1 spiro atoms. The Kier molecular flexibility index (Phi) is 10.2. The van der Waals surface area contributed by atoms with Gasteiger partial charge in [0, 0.05) is 22.3 Å². The summed E-state index contributed by atoms with van der Waals surface area (Å²) in [7, 11) is -2.62. The Labute approximate surface area is 300 Å². The monoisotopic (exact) mass is 759 g/mol. The fraction of sp³-hybridized carbons (Fsp3) is 0.394. The molecule has 1 atom stereocenters. The van der Waals surface area contributed by atoms with Gasteiger partial charge in [0.1, 0.15) is 6.17 Å². The Morgan fingerprint density at radius 3 is 2.37 bits per heavy atom. The molecule has 19 heteroatoms. The number of fused-ring (bicyclic) bond motifs is 4. The zero-order chi connectivity index (χ0) is 36.5. The number of hydrogen-bond acceptors (Lipinski definition) is 16. The molecule has 17 nitrogen and oxygen atoms in total. The predicted molar refractivity (Wildman–Crippen MR) is 180 cm³/mol. The molecular weight excluding hydrogens is 725 g/mol. The van der Waals surface area contributed by atoms with Crippen molar-refractivity contribution in [1.29, 1.82) is 0 Å². The van der Waals surface area contributed by atoms with Gasteiger partial charge in [0.05, 0.1) is 38.7 Å². The summed E-state index contributed by atoms with van der Waals surface area (Å²) >= 11 is 1.74. The van der Waals surface area contributed by atoms with Gasteiger partial charge in [-0.3, -0.25) is 9.59 Å². The van der Waals surface area contributed by atoms with E-state index in [2.05, 4.69) is 42.6 Å². The molecule has 3 aliphatic heterocycles. The molecule has 0 radical (unpaired) electrons. The number of amides is 1. The van der Waals surface area contributed by atoms with Crippen LogP contribution in [0.1, 0.15) is 40.0 Å². The summed E-state index contributed by atoms with van der Waals surface area (Å²) in [5, 5.41) is 0. The predicted octanol–water partition coefficient (Wildman–Crippen LogP) is 4.58. The molecule has 1 saturated carbocycles. The van der Waals surface area contributed by atoms with E-state index in [0.717, 1.165) is 49.3 Å². The molecule has 1 amide bonds. The van der Waals surface area contributed by atoms with Gasteiger partial charge in [-0.2, -0.15) is 0 Å². The Hall–Kier alpha value is -4.58. The number of phosphoric ester groups is 1. The first kappa shape index (κ1) is 35.8. The number of benzene rings is 2. The number of rotatable bonds is 11. The van der Waals surface area contributed by atoms with Crippen LogP contribution < -0.4 is 15.6 Å². The van der Waals surface area contributed by atoms with Crippen molar-refractivity contribution in [2.24, 2.45) is 0 Å². The molecule has 0 unspecified atom stereocenters. The van der Waals surface area contributed by atoms with Gasteiger partial charge in [-0.25, -0.2) is 32.4 Å². The summed E-state index contributed by atoms with van der Waals surface area (Å²) in [5.41, 5.74) is 6.61. The molecule has 2 fully saturated rings. The van der Waals surface area contributed by atoms with Gasteiger partial charge in [0.15, 0.2) is 5.69 Å². The standard InChI is InChI=1S/C33H34N3O14PS/c1-42-31(39)45-18-49-51(41,50-19-46-32(40)43-2)48-17-44-29-25(37)13-24(36-28(29)30(38)35-16-33(10-11-33)47-14-27(35)34-36)22-8-5-7-21-15-52-26-9-4-3-6-20(26)12-23(21)22/h3-9,13,27,34H,10-12,14-19H2,1-2H3/t27-/m0/s1. The van der Waals surface area contributed by atoms with Crippen LogP contribution in [0.25, 0.3) is 11.3 Å². The largest absolute Gasteiger partial charge is 0.510 e. The maximum Gasteiger partial charge on any atom is 0.510 e. The summed E-state index contributed by atoms with van der Waals surface area (Å²) in [6.45, 7) is -2.33. The fourth-order valence-electron chi connectivity index (χ4n) is 6.13. The number of nitrogens with one attached hydrogen (secondary N) is 1. The summed E-state index contributed by atoms with van der Waals surface area (Å²) in [6.07, 6.45) is -0.648. The van der Waals surface area contributed by atoms with E-state index in [1.54, 1.807) is 16.7 Å². The summed E-state index contributed by atoms with van der Waals surface area (Å²) < 4.78 is 59.8. The van der Waals surface area contributed by atoms with Crippen LogP contribution in [-0.2, 0) is 54.0 Å². The zero-order valence-electron chi connectivity index (χ0n) is 28.0. The molecule has 1 aromatic heterocycles. The molecule has 2 aromatic carbocycles. The van der Waals surface area contributed by atoms with E-state index in [4.69, 9.17) is 23.0 Å². The van der Waals surface area contributed by atoms with E-state index in [1.165, 1.54) is 15.6 Å². The van der Waals surface area contributed by atoms with Gasteiger partial charge in [-0.15, -0.1) is 11.8 Å². The van der Waals surface area contributed by atoms with E-state index < -0.39 is 69.4 Å². The summed E-state index contributed by atoms with van der Waals surface area (Å²) in [5.74, 6) is -0.167. The molecule has 1 saturated heterocycles. The van der Waals surface area contributed by atoms with Crippen molar-refractivity contribution in [2.75, 3.05) is 53.2 Å². The van der Waals surface area contributed by atoms with E-state index in [1.807, 2.05) is 24.3 Å². The lowest BCUT2D eigenvalue weighted by Gasteiger charge is -2.45. The summed E-state index contributed by atoms with van der Waals surface area (Å²) in [4.78, 5) is 53.9. The number of nitrogens with zero attached hydrogens (tertiary/aromatic N) is 2. The first-order valence-corrected chi connectivity index (χ1v) is 18.5. The minimum Gasteiger partial charge on any atom is -0.460 e. The third kappa shape index (κ3) is 7.35. The van der Waals surface area contributed by atoms with Crippen LogP contribution >= 0.6 is 19.6 Å². The van der Waals surface area contributed by atoms with Crippen LogP contribution in [0.3, 0.4) is 0 Å². The number of pyridine rings is 1. The lowest BCUT2D eigenvalue weighted by molar-refractivity contribution is -0.0666. The second kappa shape index (κ2) is 14.8. The second-order valence-corrected chi connectivity index (χ2v) is 14.7. The van der Waals surface area contributed by atoms with Crippen LogP contribution in [0.15, 0.2) is 58.2 Å². The number of phosphoric acid groups is 1. The highest BCUT2D eigenvalue weighted by Crippen LogP contribution is 2.50. The van der Waals surface area contributed by atoms with Gasteiger partial charge in [0.25, 0.3) is 5.91 Å². The third-order valence-electron chi connectivity index (χ3n) is 8.90. The van der Waals surface area contributed by atoms with Crippen molar-refractivity contribution in [3.8, 4) is 17.0 Å². The highest BCUT2D eigenvalue weighted by molar-refractivity contribution is 7.98. The average Bonchev–Trinajstić information content (AvgIpc) is 3.93. The smallest absolute Gasteiger partial charge is 0.460 e. The minimum absolute atomic E-state index is 0.110. The van der Waals surface area contributed by atoms with E-state index >= 15 is 0 Å². The highest BCUT2D eigenvalue weighted by Gasteiger charge is 2.53. The molecule has 276 valence electrons. The van der Waals surface area contributed by atoms with Gasteiger partial charge >= 0.3 is 20.1 Å². The van der Waals surface area contributed by atoms with E-state index in [9.17, 15) is 23.7 Å². The van der Waals surface area contributed by atoms with Crippen LogP contribution in [-0.4, -0.2) is 87.3 Å². The quantitative estimate of drug-likeness (QED) is 0.162. The van der Waals surface area contributed by atoms with E-state index in [-0.39, 0.29) is 12.3 Å². The van der Waals surface area contributed by atoms with Crippen molar-refractivity contribution in [1.82, 2.24) is 9.58 Å². The molecule has 4 aliphatic rings. The van der Waals surface area contributed by atoms with Gasteiger partial charge < -0.3 is 38.7 Å². The van der Waals surface area contributed by atoms with Crippen molar-refractivity contribution < 1.29 is 60.9 Å². The summed E-state index contributed by atoms with van der Waals surface area (Å²) in [6, 6.07) is 15.4. The number of morpholine rings is 1. The molecule has 4 heterocycles. The number of carbonyl (C=O) groups excluding carboxylic acids is 3. The molecule has 7 rings (SSSR count). The number of ether oxygens (including phenoxy) is 6. The number of thioether (sulfide) groups is 1. The maximum atomic E-state index is 14.4.